The molecule has 0 N–H and O–H groups in total. The Kier molecular flexibility index (Phi) is 3.91. The Labute approximate surface area is 130 Å². The number of hydrogen-bond donors (Lipinski definition) is 0. The molecular weight excluding hydrogens is 309 g/mol. The summed E-state index contributed by atoms with van der Waals surface area (Å²) < 4.78 is 38.7. The average Bonchev–Trinajstić information content (AvgIpc) is 2.37. The minimum Gasteiger partial charge on any atom is -0.293 e. The van der Waals surface area contributed by atoms with E-state index in [1.54, 1.807) is 6.07 Å². The van der Waals surface area contributed by atoms with Gasteiger partial charge in [-0.25, -0.2) is 15.0 Å². The van der Waals surface area contributed by atoms with Crippen LogP contribution in [-0.4, -0.2) is 19.5 Å². The zero-order chi connectivity index (χ0) is 16.6. The van der Waals surface area contributed by atoms with Crippen molar-refractivity contribution in [1.82, 2.24) is 19.5 Å². The second kappa shape index (κ2) is 5.75. The van der Waals surface area contributed by atoms with Crippen LogP contribution in [-0.2, 0) is 12.7 Å². The molecule has 8 heteroatoms. The van der Waals surface area contributed by atoms with E-state index < -0.39 is 17.4 Å². The van der Waals surface area contributed by atoms with Crippen LogP contribution in [0.5, 0.6) is 0 Å². The van der Waals surface area contributed by atoms with Gasteiger partial charge in [0.05, 0.1) is 18.6 Å². The topological polar surface area (TPSA) is 60.7 Å². The van der Waals surface area contributed by atoms with E-state index in [0.717, 1.165) is 41.7 Å². The molecular formula is C15H15F3N4O. The summed E-state index contributed by atoms with van der Waals surface area (Å²) in [4.78, 5) is 24.0. The van der Waals surface area contributed by atoms with E-state index in [1.165, 1.54) is 0 Å². The van der Waals surface area contributed by atoms with Gasteiger partial charge in [-0.3, -0.25) is 9.36 Å². The Bertz CT molecular complexity index is 781. The Balaban J connectivity index is 1.87. The van der Waals surface area contributed by atoms with Gasteiger partial charge in [-0.2, -0.15) is 13.2 Å². The number of alkyl halides is 3. The van der Waals surface area contributed by atoms with E-state index in [2.05, 4.69) is 15.0 Å². The summed E-state index contributed by atoms with van der Waals surface area (Å²) in [5.74, 6) is 1.09. The summed E-state index contributed by atoms with van der Waals surface area (Å²) in [5, 5.41) is 0. The number of aromatic nitrogens is 4. The SMILES string of the molecule is Cc1cc(Cn2cnc(C(F)(F)F)cc2=O)nc(C2CCC2)n1. The fourth-order valence-corrected chi connectivity index (χ4v) is 2.46. The number of nitrogens with zero attached hydrogens (tertiary/aromatic N) is 4. The highest BCUT2D eigenvalue weighted by molar-refractivity contribution is 5.14. The summed E-state index contributed by atoms with van der Waals surface area (Å²) in [6.45, 7) is 1.91. The normalized spacial score (nSPS) is 15.5. The lowest BCUT2D eigenvalue weighted by Gasteiger charge is -2.24. The molecule has 2 aromatic heterocycles. The van der Waals surface area contributed by atoms with Gasteiger partial charge in [-0.1, -0.05) is 6.42 Å². The first-order valence-electron chi connectivity index (χ1n) is 7.31. The molecule has 1 aliphatic carbocycles. The third-order valence-electron chi connectivity index (χ3n) is 3.90. The zero-order valence-electron chi connectivity index (χ0n) is 12.5. The minimum atomic E-state index is -4.62. The molecule has 3 rings (SSSR count). The Hall–Kier alpha value is -2.25. The summed E-state index contributed by atoms with van der Waals surface area (Å²) in [7, 11) is 0. The molecule has 0 bridgehead atoms. The number of aryl methyl sites for hydroxylation is 1. The van der Waals surface area contributed by atoms with Crippen molar-refractivity contribution in [2.24, 2.45) is 0 Å². The first kappa shape index (κ1) is 15.6. The standard InChI is InChI=1S/C15H15F3N4O/c1-9-5-11(21-14(20-9)10-3-2-4-10)7-22-8-19-12(6-13(22)23)15(16,17)18/h5-6,8,10H,2-4,7H2,1H3. The molecule has 0 aliphatic heterocycles. The van der Waals surface area contributed by atoms with Crippen LogP contribution in [0.1, 0.15) is 48.1 Å². The molecule has 2 aromatic rings. The predicted octanol–water partition coefficient (Wildman–Crippen LogP) is 2.68. The predicted molar refractivity (Wildman–Crippen MR) is 76.0 cm³/mol. The molecule has 122 valence electrons. The van der Waals surface area contributed by atoms with E-state index in [9.17, 15) is 18.0 Å². The quantitative estimate of drug-likeness (QED) is 0.871. The Morgan fingerprint density at radius 1 is 1.26 bits per heavy atom. The van der Waals surface area contributed by atoms with Crippen LogP contribution in [0, 0.1) is 6.92 Å². The number of hydrogen-bond acceptors (Lipinski definition) is 4. The lowest BCUT2D eigenvalue weighted by atomic mass is 9.85. The Morgan fingerprint density at radius 3 is 2.57 bits per heavy atom. The zero-order valence-corrected chi connectivity index (χ0v) is 12.5. The van der Waals surface area contributed by atoms with Crippen molar-refractivity contribution in [3.63, 3.8) is 0 Å². The highest BCUT2D eigenvalue weighted by atomic mass is 19.4. The number of halogens is 3. The van der Waals surface area contributed by atoms with Crippen LogP contribution < -0.4 is 5.56 Å². The second-order valence-corrected chi connectivity index (χ2v) is 5.72. The average molecular weight is 324 g/mol. The summed E-state index contributed by atoms with van der Waals surface area (Å²) in [6.07, 6.45) is -0.471. The highest BCUT2D eigenvalue weighted by Gasteiger charge is 2.33. The minimum absolute atomic E-state index is 0.0764. The van der Waals surface area contributed by atoms with Crippen molar-refractivity contribution in [2.45, 2.75) is 44.8 Å². The fourth-order valence-electron chi connectivity index (χ4n) is 2.46. The third-order valence-corrected chi connectivity index (χ3v) is 3.90. The molecule has 0 saturated heterocycles. The molecule has 1 fully saturated rings. The molecule has 23 heavy (non-hydrogen) atoms. The van der Waals surface area contributed by atoms with Gasteiger partial charge in [-0.05, 0) is 25.8 Å². The van der Waals surface area contributed by atoms with Crippen molar-refractivity contribution in [1.29, 1.82) is 0 Å². The monoisotopic (exact) mass is 324 g/mol. The van der Waals surface area contributed by atoms with Crippen LogP contribution in [0.3, 0.4) is 0 Å². The maximum atomic E-state index is 12.5. The lowest BCUT2D eigenvalue weighted by molar-refractivity contribution is -0.141. The lowest BCUT2D eigenvalue weighted by Crippen LogP contribution is -2.24. The van der Waals surface area contributed by atoms with Crippen LogP contribution in [0.15, 0.2) is 23.3 Å². The maximum absolute atomic E-state index is 12.5. The largest absolute Gasteiger partial charge is 0.433 e. The summed E-state index contributed by atoms with van der Waals surface area (Å²) in [6, 6.07) is 2.23. The van der Waals surface area contributed by atoms with Crippen molar-refractivity contribution in [3.05, 3.63) is 51.7 Å². The molecule has 0 atom stereocenters. The van der Waals surface area contributed by atoms with Gasteiger partial charge in [0.25, 0.3) is 5.56 Å². The smallest absolute Gasteiger partial charge is 0.293 e. The molecule has 0 aromatic carbocycles. The molecule has 0 amide bonds. The van der Waals surface area contributed by atoms with Crippen molar-refractivity contribution in [3.8, 4) is 0 Å². The first-order chi connectivity index (χ1) is 10.8. The number of rotatable bonds is 3. The van der Waals surface area contributed by atoms with Crippen molar-refractivity contribution >= 4 is 0 Å². The van der Waals surface area contributed by atoms with Gasteiger partial charge in [0, 0.05) is 17.7 Å². The van der Waals surface area contributed by atoms with Crippen molar-refractivity contribution in [2.75, 3.05) is 0 Å². The van der Waals surface area contributed by atoms with Gasteiger partial charge in [0.1, 0.15) is 5.82 Å². The first-order valence-corrected chi connectivity index (χ1v) is 7.31. The molecule has 5 nitrogen and oxygen atoms in total. The van der Waals surface area contributed by atoms with Gasteiger partial charge >= 0.3 is 6.18 Å². The molecule has 1 saturated carbocycles. The van der Waals surface area contributed by atoms with Gasteiger partial charge in [0.2, 0.25) is 0 Å². The van der Waals surface area contributed by atoms with E-state index in [-0.39, 0.29) is 6.54 Å². The summed E-state index contributed by atoms with van der Waals surface area (Å²) in [5.41, 5.74) is -0.561. The highest BCUT2D eigenvalue weighted by Crippen LogP contribution is 2.34. The maximum Gasteiger partial charge on any atom is 0.433 e. The van der Waals surface area contributed by atoms with Crippen LogP contribution in [0.25, 0.3) is 0 Å². The second-order valence-electron chi connectivity index (χ2n) is 5.72. The van der Waals surface area contributed by atoms with Gasteiger partial charge in [0.15, 0.2) is 5.69 Å². The van der Waals surface area contributed by atoms with Crippen LogP contribution >= 0.6 is 0 Å². The molecule has 0 spiro atoms. The van der Waals surface area contributed by atoms with Gasteiger partial charge in [-0.15, -0.1) is 0 Å². The molecule has 2 heterocycles. The fraction of sp³-hybridized carbons (Fsp3) is 0.467. The van der Waals surface area contributed by atoms with E-state index >= 15 is 0 Å². The van der Waals surface area contributed by atoms with Gasteiger partial charge < -0.3 is 0 Å². The van der Waals surface area contributed by atoms with E-state index in [4.69, 9.17) is 0 Å². The van der Waals surface area contributed by atoms with E-state index in [1.807, 2.05) is 6.92 Å². The van der Waals surface area contributed by atoms with Crippen LogP contribution in [0.2, 0.25) is 0 Å². The molecule has 1 aliphatic rings. The van der Waals surface area contributed by atoms with E-state index in [0.29, 0.717) is 17.7 Å². The van der Waals surface area contributed by atoms with Crippen molar-refractivity contribution < 1.29 is 13.2 Å². The summed E-state index contributed by atoms with van der Waals surface area (Å²) >= 11 is 0. The third kappa shape index (κ3) is 3.40. The Morgan fingerprint density at radius 2 is 2.00 bits per heavy atom. The molecule has 0 unspecified atom stereocenters. The molecule has 0 radical (unpaired) electrons. The van der Waals surface area contributed by atoms with Crippen LogP contribution in [0.4, 0.5) is 13.2 Å².